The number of carboxylic acids is 1. The van der Waals surface area contributed by atoms with Crippen LogP contribution >= 0.6 is 0 Å². The molecule has 0 aromatic carbocycles. The van der Waals surface area contributed by atoms with Crippen LogP contribution < -0.4 is 5.73 Å². The Balaban J connectivity index is 3.46. The number of aliphatic carboxylic acids is 1. The molecule has 0 aromatic heterocycles. The highest BCUT2D eigenvalue weighted by Gasteiger charge is 2.12. The molecule has 0 spiro atoms. The van der Waals surface area contributed by atoms with Crippen molar-refractivity contribution in [2.75, 3.05) is 6.61 Å². The van der Waals surface area contributed by atoms with Crippen LogP contribution in [0, 0.1) is 0 Å². The van der Waals surface area contributed by atoms with Crippen LogP contribution in [0.4, 0.5) is 0 Å². The van der Waals surface area contributed by atoms with Crippen LogP contribution in [0.15, 0.2) is 0 Å². The monoisotopic (exact) mass is 175 g/mol. The van der Waals surface area contributed by atoms with Crippen LogP contribution in [0.3, 0.4) is 0 Å². The Hall–Kier alpha value is -0.610. The minimum Gasteiger partial charge on any atom is -0.480 e. The molecule has 0 saturated heterocycles. The molecule has 72 valence electrons. The summed E-state index contributed by atoms with van der Waals surface area (Å²) in [4.78, 5) is 10.3. The van der Waals surface area contributed by atoms with Gasteiger partial charge < -0.3 is 15.6 Å². The van der Waals surface area contributed by atoms with Gasteiger partial charge >= 0.3 is 5.97 Å². The van der Waals surface area contributed by atoms with E-state index in [9.17, 15) is 4.79 Å². The van der Waals surface area contributed by atoms with Gasteiger partial charge in [-0.1, -0.05) is 13.3 Å². The van der Waals surface area contributed by atoms with Crippen molar-refractivity contribution in [1.82, 2.24) is 0 Å². The maximum Gasteiger partial charge on any atom is 0.322 e. The molecular weight excluding hydrogens is 158 g/mol. The minimum atomic E-state index is -1.02. The molecule has 0 aliphatic heterocycles. The number of hydrogen-bond acceptors (Lipinski definition) is 3. The Morgan fingerprint density at radius 2 is 2.25 bits per heavy atom. The topological polar surface area (TPSA) is 72.5 Å². The van der Waals surface area contributed by atoms with Gasteiger partial charge in [0.2, 0.25) is 0 Å². The highest BCUT2D eigenvalue weighted by Crippen LogP contribution is 2.00. The zero-order chi connectivity index (χ0) is 9.56. The summed E-state index contributed by atoms with van der Waals surface area (Å²) in [5.41, 5.74) is 5.24. The molecule has 0 amide bonds. The van der Waals surface area contributed by atoms with Crippen molar-refractivity contribution in [3.8, 4) is 0 Å². The third-order valence-corrected chi connectivity index (χ3v) is 1.57. The summed E-state index contributed by atoms with van der Waals surface area (Å²) < 4.78 is 5.20. The molecule has 12 heavy (non-hydrogen) atoms. The third-order valence-electron chi connectivity index (χ3n) is 1.57. The van der Waals surface area contributed by atoms with Crippen molar-refractivity contribution < 1.29 is 14.6 Å². The summed E-state index contributed by atoms with van der Waals surface area (Å²) in [5.74, 6) is -1.02. The average molecular weight is 175 g/mol. The first-order valence-corrected chi connectivity index (χ1v) is 4.18. The van der Waals surface area contributed by atoms with Crippen molar-refractivity contribution in [3.05, 3.63) is 0 Å². The highest BCUT2D eigenvalue weighted by molar-refractivity contribution is 5.73. The van der Waals surface area contributed by atoms with E-state index < -0.39 is 12.0 Å². The van der Waals surface area contributed by atoms with E-state index in [0.29, 0.717) is 0 Å². The van der Waals surface area contributed by atoms with Crippen LogP contribution in [0.25, 0.3) is 0 Å². The van der Waals surface area contributed by atoms with E-state index >= 15 is 0 Å². The van der Waals surface area contributed by atoms with Gasteiger partial charge in [-0.25, -0.2) is 0 Å². The Kier molecular flexibility index (Phi) is 5.66. The molecule has 2 atom stereocenters. The fraction of sp³-hybridized carbons (Fsp3) is 0.875. The molecular formula is C8H17NO3. The van der Waals surface area contributed by atoms with Gasteiger partial charge in [-0.05, 0) is 13.3 Å². The molecule has 4 nitrogen and oxygen atoms in total. The lowest BCUT2D eigenvalue weighted by Crippen LogP contribution is -2.36. The number of rotatable bonds is 6. The molecule has 0 aliphatic carbocycles. The summed E-state index contributed by atoms with van der Waals surface area (Å²) in [6.07, 6.45) is 2.07. The zero-order valence-corrected chi connectivity index (χ0v) is 7.62. The first-order valence-electron chi connectivity index (χ1n) is 4.18. The minimum absolute atomic E-state index is 0.0938. The Bertz CT molecular complexity index is 138. The second kappa shape index (κ2) is 5.97. The molecule has 0 fully saturated rings. The molecule has 0 saturated carbocycles. The predicted octanol–water partition coefficient (Wildman–Crippen LogP) is 0.603. The van der Waals surface area contributed by atoms with Gasteiger partial charge in [0.1, 0.15) is 6.04 Å². The Labute approximate surface area is 72.7 Å². The largest absolute Gasteiger partial charge is 0.480 e. The lowest BCUT2D eigenvalue weighted by molar-refractivity contribution is -0.140. The molecule has 0 radical (unpaired) electrons. The van der Waals surface area contributed by atoms with Gasteiger partial charge in [-0.3, -0.25) is 4.79 Å². The fourth-order valence-corrected chi connectivity index (χ4v) is 0.829. The molecule has 0 aliphatic rings. The molecule has 0 heterocycles. The normalized spacial score (nSPS) is 15.6. The molecule has 0 aromatic rings. The SMILES string of the molecule is CCCC(C)OCC(N)C(=O)O. The summed E-state index contributed by atoms with van der Waals surface area (Å²) in [7, 11) is 0. The van der Waals surface area contributed by atoms with Gasteiger partial charge in [-0.15, -0.1) is 0 Å². The Morgan fingerprint density at radius 1 is 1.67 bits per heavy atom. The van der Waals surface area contributed by atoms with Gasteiger partial charge in [0, 0.05) is 0 Å². The standard InChI is InChI=1S/C8H17NO3/c1-3-4-6(2)12-5-7(9)8(10)11/h6-7H,3-5,9H2,1-2H3,(H,10,11). The summed E-state index contributed by atoms with van der Waals surface area (Å²) in [5, 5.41) is 8.42. The zero-order valence-electron chi connectivity index (χ0n) is 7.62. The van der Waals surface area contributed by atoms with Gasteiger partial charge in [0.15, 0.2) is 0 Å². The van der Waals surface area contributed by atoms with Crippen molar-refractivity contribution in [3.63, 3.8) is 0 Å². The van der Waals surface area contributed by atoms with E-state index in [0.717, 1.165) is 12.8 Å². The van der Waals surface area contributed by atoms with Gasteiger partial charge in [-0.2, -0.15) is 0 Å². The van der Waals surface area contributed by atoms with Gasteiger partial charge in [0.25, 0.3) is 0 Å². The second-order valence-corrected chi connectivity index (χ2v) is 2.88. The van der Waals surface area contributed by atoms with E-state index in [1.165, 1.54) is 0 Å². The van der Waals surface area contributed by atoms with E-state index in [2.05, 4.69) is 6.92 Å². The maximum absolute atomic E-state index is 10.3. The van der Waals surface area contributed by atoms with Crippen molar-refractivity contribution in [2.45, 2.75) is 38.8 Å². The van der Waals surface area contributed by atoms with Crippen LogP contribution in [-0.4, -0.2) is 29.8 Å². The van der Waals surface area contributed by atoms with Crippen LogP contribution in [0.1, 0.15) is 26.7 Å². The van der Waals surface area contributed by atoms with Crippen molar-refractivity contribution in [1.29, 1.82) is 0 Å². The van der Waals surface area contributed by atoms with Crippen LogP contribution in [0.2, 0.25) is 0 Å². The summed E-state index contributed by atoms with van der Waals surface area (Å²) >= 11 is 0. The molecule has 4 heteroatoms. The van der Waals surface area contributed by atoms with Crippen molar-refractivity contribution >= 4 is 5.97 Å². The quantitative estimate of drug-likeness (QED) is 0.620. The Morgan fingerprint density at radius 3 is 2.67 bits per heavy atom. The van der Waals surface area contributed by atoms with Gasteiger partial charge in [0.05, 0.1) is 12.7 Å². The summed E-state index contributed by atoms with van der Waals surface area (Å²) in [6.45, 7) is 4.06. The lowest BCUT2D eigenvalue weighted by Gasteiger charge is -2.13. The lowest BCUT2D eigenvalue weighted by atomic mass is 10.2. The van der Waals surface area contributed by atoms with Crippen LogP contribution in [-0.2, 0) is 9.53 Å². The molecule has 0 rings (SSSR count). The van der Waals surface area contributed by atoms with E-state index in [4.69, 9.17) is 15.6 Å². The predicted molar refractivity (Wildman–Crippen MR) is 45.9 cm³/mol. The molecule has 3 N–H and O–H groups in total. The first-order chi connectivity index (χ1) is 5.57. The smallest absolute Gasteiger partial charge is 0.322 e. The fourth-order valence-electron chi connectivity index (χ4n) is 0.829. The van der Waals surface area contributed by atoms with Crippen molar-refractivity contribution in [2.24, 2.45) is 5.73 Å². The van der Waals surface area contributed by atoms with E-state index in [1.807, 2.05) is 6.92 Å². The van der Waals surface area contributed by atoms with Crippen LogP contribution in [0.5, 0.6) is 0 Å². The van der Waals surface area contributed by atoms with E-state index in [1.54, 1.807) is 0 Å². The third kappa shape index (κ3) is 5.09. The number of carboxylic acid groups (broad SMARTS) is 1. The average Bonchev–Trinajstić information content (AvgIpc) is 2.00. The second-order valence-electron chi connectivity index (χ2n) is 2.88. The van der Waals surface area contributed by atoms with E-state index in [-0.39, 0.29) is 12.7 Å². The molecule has 2 unspecified atom stereocenters. The molecule has 0 bridgehead atoms. The maximum atomic E-state index is 10.3. The first kappa shape index (κ1) is 11.4. The number of hydrogen-bond donors (Lipinski definition) is 2. The number of nitrogens with two attached hydrogens (primary N) is 1. The number of ether oxygens (including phenoxy) is 1. The summed E-state index contributed by atoms with van der Waals surface area (Å²) in [6, 6.07) is -0.899. The highest BCUT2D eigenvalue weighted by atomic mass is 16.5. The number of carbonyl (C=O) groups is 1.